The molecule has 21 heavy (non-hydrogen) atoms. The van der Waals surface area contributed by atoms with Crippen molar-refractivity contribution in [3.63, 3.8) is 0 Å². The summed E-state index contributed by atoms with van der Waals surface area (Å²) < 4.78 is 9.09. The minimum atomic E-state index is -2.12. The molecule has 4 N–H and O–H groups in total. The van der Waals surface area contributed by atoms with Crippen LogP contribution in [0.15, 0.2) is 0 Å². The first-order valence-corrected chi connectivity index (χ1v) is 6.38. The minimum absolute atomic E-state index is 0.0522. The van der Waals surface area contributed by atoms with E-state index < -0.39 is 36.1 Å². The molecule has 0 saturated heterocycles. The predicted octanol–water partition coefficient (Wildman–Crippen LogP) is -0.482. The van der Waals surface area contributed by atoms with Crippen molar-refractivity contribution in [2.24, 2.45) is 5.73 Å². The van der Waals surface area contributed by atoms with E-state index in [-0.39, 0.29) is 19.4 Å². The van der Waals surface area contributed by atoms with Crippen molar-refractivity contribution in [2.45, 2.75) is 44.8 Å². The van der Waals surface area contributed by atoms with Crippen LogP contribution in [0.1, 0.15) is 32.6 Å². The molecule has 0 aromatic heterocycles. The van der Waals surface area contributed by atoms with E-state index in [0.717, 1.165) is 0 Å². The topological polar surface area (TPSA) is 153 Å². The Balaban J connectivity index is 4.91. The Kier molecular flexibility index (Phi) is 8.70. The molecular weight excluding hydrogens is 286 g/mol. The number of carboxylic acid groups (broad SMARTS) is 2. The Morgan fingerprint density at radius 1 is 0.952 bits per heavy atom. The van der Waals surface area contributed by atoms with Crippen molar-refractivity contribution < 1.29 is 38.9 Å². The molecule has 0 spiro atoms. The van der Waals surface area contributed by atoms with E-state index in [4.69, 9.17) is 15.9 Å². The van der Waals surface area contributed by atoms with E-state index >= 15 is 0 Å². The average molecular weight is 305 g/mol. The van der Waals surface area contributed by atoms with Gasteiger partial charge in [0, 0.05) is 13.0 Å². The number of unbranched alkanes of at least 4 members (excludes halogenated alkanes) is 1. The van der Waals surface area contributed by atoms with Gasteiger partial charge in [-0.25, -0.2) is 9.59 Å². The van der Waals surface area contributed by atoms with Gasteiger partial charge in [-0.3, -0.25) is 9.59 Å². The number of hydrogen-bond donors (Lipinski definition) is 3. The highest BCUT2D eigenvalue weighted by atomic mass is 16.6. The van der Waals surface area contributed by atoms with Crippen LogP contribution in [0.2, 0.25) is 0 Å². The van der Waals surface area contributed by atoms with Gasteiger partial charge < -0.3 is 25.4 Å². The lowest BCUT2D eigenvalue weighted by atomic mass is 10.2. The molecule has 2 atom stereocenters. The number of ether oxygens (including phenoxy) is 2. The van der Waals surface area contributed by atoms with Gasteiger partial charge in [-0.2, -0.15) is 0 Å². The van der Waals surface area contributed by atoms with Gasteiger partial charge >= 0.3 is 23.9 Å². The van der Waals surface area contributed by atoms with E-state index in [1.54, 1.807) is 0 Å². The van der Waals surface area contributed by atoms with E-state index in [1.165, 1.54) is 0 Å². The van der Waals surface area contributed by atoms with Crippen molar-refractivity contribution in [3.05, 3.63) is 0 Å². The van der Waals surface area contributed by atoms with Crippen LogP contribution in [-0.2, 0) is 28.7 Å². The van der Waals surface area contributed by atoms with Crippen molar-refractivity contribution in [2.75, 3.05) is 6.54 Å². The zero-order valence-electron chi connectivity index (χ0n) is 11.6. The quantitative estimate of drug-likeness (QED) is 0.454. The first-order chi connectivity index (χ1) is 9.83. The van der Waals surface area contributed by atoms with Gasteiger partial charge in [-0.1, -0.05) is 13.3 Å². The zero-order valence-corrected chi connectivity index (χ0v) is 11.6. The number of carbonyl (C=O) groups is 4. The lowest BCUT2D eigenvalue weighted by Gasteiger charge is -2.20. The fraction of sp³-hybridized carbons (Fsp3) is 0.667. The molecule has 0 aliphatic rings. The maximum atomic E-state index is 11.4. The van der Waals surface area contributed by atoms with Crippen LogP contribution in [0.3, 0.4) is 0 Å². The molecule has 0 saturated carbocycles. The van der Waals surface area contributed by atoms with Crippen molar-refractivity contribution in [1.29, 1.82) is 0 Å². The first kappa shape index (κ1) is 18.8. The van der Waals surface area contributed by atoms with Crippen molar-refractivity contribution in [1.82, 2.24) is 0 Å². The molecule has 0 bridgehead atoms. The highest BCUT2D eigenvalue weighted by Gasteiger charge is 2.40. The molecule has 0 radical (unpaired) electrons. The van der Waals surface area contributed by atoms with Gasteiger partial charge in [-0.05, 0) is 6.42 Å². The average Bonchev–Trinajstić information content (AvgIpc) is 2.40. The molecule has 0 aliphatic heterocycles. The standard InChI is InChI=1S/C12H19NO8/c1-2-3-4-7(14)20-9(11(16)17)10(12(18)19)21-8(15)5-6-13/h9-10H,2-6,13H2,1H3,(H,16,17)(H,18,19). The van der Waals surface area contributed by atoms with E-state index in [0.29, 0.717) is 12.8 Å². The van der Waals surface area contributed by atoms with Crippen molar-refractivity contribution in [3.8, 4) is 0 Å². The normalized spacial score (nSPS) is 13.0. The highest BCUT2D eigenvalue weighted by Crippen LogP contribution is 2.10. The lowest BCUT2D eigenvalue weighted by Crippen LogP contribution is -2.46. The maximum Gasteiger partial charge on any atom is 0.349 e. The number of esters is 2. The van der Waals surface area contributed by atoms with Gasteiger partial charge in [0.15, 0.2) is 0 Å². The summed E-state index contributed by atoms with van der Waals surface area (Å²) in [5.74, 6) is -5.30. The third kappa shape index (κ3) is 7.25. The van der Waals surface area contributed by atoms with Crippen LogP contribution >= 0.6 is 0 Å². The van der Waals surface area contributed by atoms with Crippen LogP contribution in [-0.4, -0.2) is 52.8 Å². The fourth-order valence-corrected chi connectivity index (χ4v) is 1.32. The molecular formula is C12H19NO8. The number of aliphatic carboxylic acids is 2. The number of carbonyl (C=O) groups excluding carboxylic acids is 2. The Labute approximate surface area is 121 Å². The molecule has 0 fully saturated rings. The van der Waals surface area contributed by atoms with Gasteiger partial charge in [0.05, 0.1) is 6.42 Å². The first-order valence-electron chi connectivity index (χ1n) is 6.38. The second-order valence-corrected chi connectivity index (χ2v) is 4.14. The highest BCUT2D eigenvalue weighted by molar-refractivity contribution is 5.87. The van der Waals surface area contributed by atoms with Crippen LogP contribution in [0.25, 0.3) is 0 Å². The van der Waals surface area contributed by atoms with Crippen LogP contribution in [0.5, 0.6) is 0 Å². The monoisotopic (exact) mass is 305 g/mol. The van der Waals surface area contributed by atoms with E-state index in [2.05, 4.69) is 9.47 Å². The Morgan fingerprint density at radius 2 is 1.38 bits per heavy atom. The molecule has 0 aromatic rings. The Bertz CT molecular complexity index is 395. The maximum absolute atomic E-state index is 11.4. The molecule has 9 nitrogen and oxygen atoms in total. The summed E-state index contributed by atoms with van der Waals surface area (Å²) in [6.45, 7) is 1.73. The van der Waals surface area contributed by atoms with Gasteiger partial charge in [0.1, 0.15) is 0 Å². The summed E-state index contributed by atoms with van der Waals surface area (Å²) in [7, 11) is 0. The zero-order chi connectivity index (χ0) is 16.4. The smallest absolute Gasteiger partial charge is 0.349 e. The summed E-state index contributed by atoms with van der Waals surface area (Å²) in [6.07, 6.45) is -3.40. The van der Waals surface area contributed by atoms with Gasteiger partial charge in [0.25, 0.3) is 0 Å². The summed E-state index contributed by atoms with van der Waals surface area (Å²) >= 11 is 0. The van der Waals surface area contributed by atoms with E-state index in [1.807, 2.05) is 6.92 Å². The molecule has 0 aliphatic carbocycles. The Morgan fingerprint density at radius 3 is 1.71 bits per heavy atom. The molecule has 2 unspecified atom stereocenters. The number of rotatable bonds is 10. The fourth-order valence-electron chi connectivity index (χ4n) is 1.32. The summed E-state index contributed by atoms with van der Waals surface area (Å²) in [5, 5.41) is 17.9. The van der Waals surface area contributed by atoms with Crippen LogP contribution < -0.4 is 5.73 Å². The predicted molar refractivity (Wildman–Crippen MR) is 68.2 cm³/mol. The molecule has 120 valence electrons. The van der Waals surface area contributed by atoms with Crippen LogP contribution in [0.4, 0.5) is 0 Å². The largest absolute Gasteiger partial charge is 0.478 e. The second kappa shape index (κ2) is 9.70. The number of nitrogens with two attached hydrogens (primary N) is 1. The summed E-state index contributed by atoms with van der Waals surface area (Å²) in [4.78, 5) is 44.7. The van der Waals surface area contributed by atoms with E-state index in [9.17, 15) is 19.2 Å². The van der Waals surface area contributed by atoms with Crippen molar-refractivity contribution >= 4 is 23.9 Å². The number of carboxylic acids is 2. The van der Waals surface area contributed by atoms with Gasteiger partial charge in [0.2, 0.25) is 12.2 Å². The molecule has 0 amide bonds. The third-order valence-corrected chi connectivity index (χ3v) is 2.36. The lowest BCUT2D eigenvalue weighted by molar-refractivity contribution is -0.187. The summed E-state index contributed by atoms with van der Waals surface area (Å²) in [6, 6.07) is 0. The molecule has 0 rings (SSSR count). The Hall–Kier alpha value is -2.16. The van der Waals surface area contributed by atoms with Crippen LogP contribution in [0, 0.1) is 0 Å². The summed E-state index contributed by atoms with van der Waals surface area (Å²) in [5.41, 5.74) is 5.10. The van der Waals surface area contributed by atoms with Gasteiger partial charge in [-0.15, -0.1) is 0 Å². The number of hydrogen-bond acceptors (Lipinski definition) is 7. The molecule has 0 aromatic carbocycles. The second-order valence-electron chi connectivity index (χ2n) is 4.14. The molecule has 0 heterocycles. The minimum Gasteiger partial charge on any atom is -0.478 e. The SMILES string of the molecule is CCCCC(=O)OC(C(=O)O)C(OC(=O)CCN)C(=O)O. The molecule has 9 heteroatoms. The third-order valence-electron chi connectivity index (χ3n) is 2.36.